The van der Waals surface area contributed by atoms with E-state index in [9.17, 15) is 18.0 Å². The summed E-state index contributed by atoms with van der Waals surface area (Å²) in [5, 5.41) is 3.19. The van der Waals surface area contributed by atoms with Gasteiger partial charge in [0.2, 0.25) is 5.91 Å². The Morgan fingerprint density at radius 2 is 1.90 bits per heavy atom. The fraction of sp³-hybridized carbons (Fsp3) is 0.929. The lowest BCUT2D eigenvalue weighted by molar-refractivity contribution is -0.153. The summed E-state index contributed by atoms with van der Waals surface area (Å²) in [6, 6.07) is -0.0887. The number of alkyl halides is 3. The van der Waals surface area contributed by atoms with Crippen molar-refractivity contribution in [1.82, 2.24) is 10.2 Å². The lowest BCUT2D eigenvalue weighted by atomic mass is 9.91. The van der Waals surface area contributed by atoms with Crippen molar-refractivity contribution in [1.29, 1.82) is 0 Å². The fourth-order valence-corrected chi connectivity index (χ4v) is 2.87. The summed E-state index contributed by atoms with van der Waals surface area (Å²) in [4.78, 5) is 13.2. The van der Waals surface area contributed by atoms with Gasteiger partial charge >= 0.3 is 6.18 Å². The van der Waals surface area contributed by atoms with Gasteiger partial charge in [0.15, 0.2) is 0 Å². The Labute approximate surface area is 123 Å². The van der Waals surface area contributed by atoms with Gasteiger partial charge in [-0.05, 0) is 46.0 Å². The van der Waals surface area contributed by atoms with E-state index in [4.69, 9.17) is 5.73 Å². The van der Waals surface area contributed by atoms with Gasteiger partial charge in [-0.1, -0.05) is 0 Å². The van der Waals surface area contributed by atoms with Crippen molar-refractivity contribution in [2.45, 2.75) is 75.8 Å². The zero-order valence-electron chi connectivity index (χ0n) is 12.5. The zero-order valence-corrected chi connectivity index (χ0v) is 12.5. The molecule has 0 radical (unpaired) electrons. The number of nitrogens with two attached hydrogens (primary N) is 1. The van der Waals surface area contributed by atoms with Gasteiger partial charge in [-0.3, -0.25) is 9.69 Å². The van der Waals surface area contributed by atoms with Crippen molar-refractivity contribution in [3.05, 3.63) is 0 Å². The van der Waals surface area contributed by atoms with Crippen LogP contribution in [-0.4, -0.2) is 47.2 Å². The van der Waals surface area contributed by atoms with Crippen molar-refractivity contribution in [2.75, 3.05) is 6.54 Å². The Balaban J connectivity index is 2.01. The second kappa shape index (κ2) is 5.76. The number of hydrogen-bond donors (Lipinski definition) is 2. The third-order valence-electron chi connectivity index (χ3n) is 4.29. The molecule has 122 valence electrons. The molecule has 7 heteroatoms. The van der Waals surface area contributed by atoms with Gasteiger partial charge in [0, 0.05) is 18.1 Å². The van der Waals surface area contributed by atoms with Crippen LogP contribution in [0.25, 0.3) is 0 Å². The maximum atomic E-state index is 12.7. The summed E-state index contributed by atoms with van der Waals surface area (Å²) in [6.07, 6.45) is -0.346. The molecule has 0 spiro atoms. The third-order valence-corrected chi connectivity index (χ3v) is 4.29. The van der Waals surface area contributed by atoms with E-state index < -0.39 is 24.2 Å². The summed E-state index contributed by atoms with van der Waals surface area (Å²) in [5.41, 5.74) is 4.53. The molecule has 0 saturated heterocycles. The Hall–Kier alpha value is -0.820. The molecule has 2 aliphatic carbocycles. The van der Waals surface area contributed by atoms with E-state index in [1.54, 1.807) is 13.8 Å². The molecule has 4 nitrogen and oxygen atoms in total. The average Bonchev–Trinajstić information content (AvgIpc) is 3.18. The number of rotatable bonds is 8. The maximum Gasteiger partial charge on any atom is 0.401 e. The van der Waals surface area contributed by atoms with Gasteiger partial charge in [0.05, 0.1) is 12.1 Å². The van der Waals surface area contributed by atoms with Crippen LogP contribution in [0.1, 0.15) is 46.0 Å². The largest absolute Gasteiger partial charge is 0.401 e. The highest BCUT2D eigenvalue weighted by molar-refractivity contribution is 5.84. The minimum Gasteiger partial charge on any atom is -0.368 e. The molecule has 0 bridgehead atoms. The van der Waals surface area contributed by atoms with E-state index in [1.807, 2.05) is 0 Å². The van der Waals surface area contributed by atoms with E-state index in [2.05, 4.69) is 5.32 Å². The van der Waals surface area contributed by atoms with Crippen LogP contribution in [0.4, 0.5) is 13.2 Å². The summed E-state index contributed by atoms with van der Waals surface area (Å²) in [7, 11) is 0. The van der Waals surface area contributed by atoms with Gasteiger partial charge < -0.3 is 11.1 Å². The molecule has 0 aliphatic heterocycles. The summed E-state index contributed by atoms with van der Waals surface area (Å²) >= 11 is 0. The smallest absolute Gasteiger partial charge is 0.368 e. The highest BCUT2D eigenvalue weighted by Gasteiger charge is 2.44. The highest BCUT2D eigenvalue weighted by Crippen LogP contribution is 2.34. The first-order chi connectivity index (χ1) is 9.61. The van der Waals surface area contributed by atoms with Gasteiger partial charge in [0.1, 0.15) is 0 Å². The SMILES string of the molecule is CC(CC(C)(NC1CC1)C(N)=O)N(CC(F)(F)F)C1CC1. The third kappa shape index (κ3) is 4.85. The van der Waals surface area contributed by atoms with Crippen molar-refractivity contribution in [3.63, 3.8) is 0 Å². The number of carbonyl (C=O) groups is 1. The van der Waals surface area contributed by atoms with Crippen molar-refractivity contribution in [3.8, 4) is 0 Å². The minimum absolute atomic E-state index is 0.0142. The van der Waals surface area contributed by atoms with Gasteiger partial charge in [-0.2, -0.15) is 13.2 Å². The number of carbonyl (C=O) groups excluding carboxylic acids is 1. The Kier molecular flexibility index (Phi) is 4.54. The van der Waals surface area contributed by atoms with E-state index in [0.29, 0.717) is 6.42 Å². The normalized spacial score (nSPS) is 23.9. The zero-order chi connectivity index (χ0) is 15.8. The van der Waals surface area contributed by atoms with Crippen molar-refractivity contribution >= 4 is 5.91 Å². The molecule has 0 heterocycles. The number of halogens is 3. The Morgan fingerprint density at radius 3 is 2.29 bits per heavy atom. The first-order valence-electron chi connectivity index (χ1n) is 7.51. The minimum atomic E-state index is -4.22. The maximum absolute atomic E-state index is 12.7. The van der Waals surface area contributed by atoms with E-state index in [0.717, 1.165) is 25.7 Å². The number of amides is 1. The predicted octanol–water partition coefficient (Wildman–Crippen LogP) is 1.79. The van der Waals surface area contributed by atoms with Crippen LogP contribution >= 0.6 is 0 Å². The van der Waals surface area contributed by atoms with Crippen LogP contribution in [-0.2, 0) is 4.79 Å². The second-order valence-electron chi connectivity index (χ2n) is 6.69. The topological polar surface area (TPSA) is 58.4 Å². The van der Waals surface area contributed by atoms with Crippen molar-refractivity contribution in [2.24, 2.45) is 5.73 Å². The summed E-state index contributed by atoms with van der Waals surface area (Å²) in [6.45, 7) is 2.53. The average molecular weight is 307 g/mol. The van der Waals surface area contributed by atoms with Crippen LogP contribution in [0.2, 0.25) is 0 Å². The fourth-order valence-electron chi connectivity index (χ4n) is 2.87. The quantitative estimate of drug-likeness (QED) is 0.719. The summed E-state index contributed by atoms with van der Waals surface area (Å²) < 4.78 is 38.2. The molecule has 1 amide bonds. The van der Waals surface area contributed by atoms with Crippen LogP contribution in [0, 0.1) is 0 Å². The molecule has 2 atom stereocenters. The summed E-state index contributed by atoms with van der Waals surface area (Å²) in [5.74, 6) is -0.496. The molecule has 2 fully saturated rings. The second-order valence-corrected chi connectivity index (χ2v) is 6.69. The predicted molar refractivity (Wildman–Crippen MR) is 73.6 cm³/mol. The molecule has 0 aromatic rings. The first kappa shape index (κ1) is 16.5. The van der Waals surface area contributed by atoms with Crippen LogP contribution < -0.4 is 11.1 Å². The van der Waals surface area contributed by atoms with Crippen LogP contribution in [0.15, 0.2) is 0 Å². The lowest BCUT2D eigenvalue weighted by Gasteiger charge is -2.36. The monoisotopic (exact) mass is 307 g/mol. The Bertz CT molecular complexity index is 393. The molecule has 0 aromatic carbocycles. The molecule has 21 heavy (non-hydrogen) atoms. The first-order valence-corrected chi connectivity index (χ1v) is 7.51. The standard InChI is InChI=1S/C14H24F3N3O/c1-9(20(11-5-6-11)8-14(15,16)17)7-13(2,12(18)21)19-10-3-4-10/h9-11,19H,3-8H2,1-2H3,(H2,18,21). The Morgan fingerprint density at radius 1 is 1.33 bits per heavy atom. The number of hydrogen-bond acceptors (Lipinski definition) is 3. The van der Waals surface area contributed by atoms with Crippen LogP contribution in [0.3, 0.4) is 0 Å². The molecular weight excluding hydrogens is 283 g/mol. The van der Waals surface area contributed by atoms with E-state index >= 15 is 0 Å². The van der Waals surface area contributed by atoms with Crippen LogP contribution in [0.5, 0.6) is 0 Å². The number of nitrogens with zero attached hydrogens (tertiary/aromatic N) is 1. The van der Waals surface area contributed by atoms with E-state index in [-0.39, 0.29) is 18.1 Å². The van der Waals surface area contributed by atoms with Gasteiger partial charge in [0.25, 0.3) is 0 Å². The number of nitrogens with one attached hydrogen (secondary N) is 1. The van der Waals surface area contributed by atoms with Gasteiger partial charge in [-0.25, -0.2) is 0 Å². The van der Waals surface area contributed by atoms with Crippen molar-refractivity contribution < 1.29 is 18.0 Å². The number of primary amides is 1. The highest BCUT2D eigenvalue weighted by atomic mass is 19.4. The lowest BCUT2D eigenvalue weighted by Crippen LogP contribution is -2.57. The van der Waals surface area contributed by atoms with E-state index in [1.165, 1.54) is 4.90 Å². The molecule has 2 unspecified atom stereocenters. The molecule has 3 N–H and O–H groups in total. The van der Waals surface area contributed by atoms with Gasteiger partial charge in [-0.15, -0.1) is 0 Å². The molecule has 2 rings (SSSR count). The molecular formula is C14H24F3N3O. The molecule has 0 aromatic heterocycles. The molecule has 2 saturated carbocycles. The molecule has 2 aliphatic rings.